The first kappa shape index (κ1) is 75.3. The highest BCUT2D eigenvalue weighted by atomic mass is 16.6. The molecule has 0 aromatic heterocycles. The van der Waals surface area contributed by atoms with Gasteiger partial charge in [-0.1, -0.05) is 311 Å². The summed E-state index contributed by atoms with van der Waals surface area (Å²) in [6.45, 7) is 6.51. The smallest absolute Gasteiger partial charge is 0.306 e. The summed E-state index contributed by atoms with van der Waals surface area (Å²) in [5.41, 5.74) is 0. The second kappa shape index (κ2) is 66.8. The number of carbonyl (C=O) groups excluding carboxylic acids is 3. The van der Waals surface area contributed by atoms with Crippen LogP contribution < -0.4 is 0 Å². The maximum atomic E-state index is 12.9. The highest BCUT2D eigenvalue weighted by Crippen LogP contribution is 2.17. The van der Waals surface area contributed by atoms with Crippen LogP contribution in [0, 0.1) is 0 Å². The maximum absolute atomic E-state index is 12.9. The van der Waals surface area contributed by atoms with Crippen LogP contribution in [0.3, 0.4) is 0 Å². The SMILES string of the molecule is CC/C=C\C/C=C\C/C=C\C/C=C\C/C=C\CCCC(=O)OCC(COC(=O)CCCCCCCCCCCC/C=C\C/C=C\C/C=C\CCCCCCC)OC(=O)CCCCCCCCCCCCCCCCCCCCC. The quantitative estimate of drug-likeness (QED) is 0.0261. The molecule has 0 fully saturated rings. The van der Waals surface area contributed by atoms with E-state index in [-0.39, 0.29) is 37.5 Å². The molecular weight excluding hydrogens is 973 g/mol. The molecule has 0 aliphatic carbocycles. The molecule has 0 aromatic carbocycles. The average molecular weight is 1100 g/mol. The van der Waals surface area contributed by atoms with E-state index < -0.39 is 6.10 Å². The molecule has 1 atom stereocenters. The Hall–Kier alpha value is -3.67. The normalized spacial score (nSPS) is 12.7. The largest absolute Gasteiger partial charge is 0.462 e. The minimum absolute atomic E-state index is 0.0951. The van der Waals surface area contributed by atoms with Gasteiger partial charge in [-0.15, -0.1) is 0 Å². The van der Waals surface area contributed by atoms with Gasteiger partial charge in [0.25, 0.3) is 0 Å². The number of carbonyl (C=O) groups is 3. The fourth-order valence-corrected chi connectivity index (χ4v) is 9.55. The van der Waals surface area contributed by atoms with Crippen LogP contribution in [-0.2, 0) is 28.6 Å². The van der Waals surface area contributed by atoms with Gasteiger partial charge in [0.2, 0.25) is 0 Å². The van der Waals surface area contributed by atoms with Gasteiger partial charge in [-0.25, -0.2) is 0 Å². The van der Waals surface area contributed by atoms with Crippen LogP contribution in [-0.4, -0.2) is 37.2 Å². The van der Waals surface area contributed by atoms with Gasteiger partial charge in [0.15, 0.2) is 6.10 Å². The second-order valence-electron chi connectivity index (χ2n) is 22.4. The summed E-state index contributed by atoms with van der Waals surface area (Å²) < 4.78 is 16.9. The monoisotopic (exact) mass is 1100 g/mol. The Balaban J connectivity index is 4.40. The van der Waals surface area contributed by atoms with Crippen LogP contribution in [0.1, 0.15) is 329 Å². The van der Waals surface area contributed by atoms with Crippen LogP contribution in [0.2, 0.25) is 0 Å². The van der Waals surface area contributed by atoms with Crippen molar-refractivity contribution in [1.82, 2.24) is 0 Å². The number of rotatable bonds is 61. The third-order valence-electron chi connectivity index (χ3n) is 14.6. The van der Waals surface area contributed by atoms with E-state index in [0.717, 1.165) is 89.9 Å². The molecule has 0 spiro atoms. The molecule has 0 bridgehead atoms. The molecule has 6 nitrogen and oxygen atoms in total. The number of hydrogen-bond donors (Lipinski definition) is 0. The summed E-state index contributed by atoms with van der Waals surface area (Å²) >= 11 is 0. The second-order valence-corrected chi connectivity index (χ2v) is 22.4. The minimum atomic E-state index is -0.803. The van der Waals surface area contributed by atoms with E-state index in [0.29, 0.717) is 19.3 Å². The van der Waals surface area contributed by atoms with Crippen LogP contribution in [0.5, 0.6) is 0 Å². The van der Waals surface area contributed by atoms with Gasteiger partial charge in [0.05, 0.1) is 0 Å². The predicted octanol–water partition coefficient (Wildman–Crippen LogP) is 23.2. The first-order valence-corrected chi connectivity index (χ1v) is 33.7. The molecule has 0 N–H and O–H groups in total. The van der Waals surface area contributed by atoms with Gasteiger partial charge >= 0.3 is 17.9 Å². The van der Waals surface area contributed by atoms with Crippen LogP contribution in [0.15, 0.2) is 97.2 Å². The molecule has 0 heterocycles. The lowest BCUT2D eigenvalue weighted by Gasteiger charge is -2.18. The zero-order valence-corrected chi connectivity index (χ0v) is 52.1. The van der Waals surface area contributed by atoms with Crippen molar-refractivity contribution in [2.75, 3.05) is 13.2 Å². The highest BCUT2D eigenvalue weighted by molar-refractivity contribution is 5.71. The van der Waals surface area contributed by atoms with E-state index in [4.69, 9.17) is 14.2 Å². The number of ether oxygens (including phenoxy) is 3. The molecule has 0 saturated carbocycles. The van der Waals surface area contributed by atoms with Gasteiger partial charge in [-0.3, -0.25) is 14.4 Å². The average Bonchev–Trinajstić information content (AvgIpc) is 3.45. The van der Waals surface area contributed by atoms with Crippen molar-refractivity contribution in [2.45, 2.75) is 335 Å². The van der Waals surface area contributed by atoms with Gasteiger partial charge in [-0.05, 0) is 96.3 Å². The Morgan fingerprint density at radius 1 is 0.266 bits per heavy atom. The van der Waals surface area contributed by atoms with Crippen molar-refractivity contribution >= 4 is 17.9 Å². The van der Waals surface area contributed by atoms with E-state index in [9.17, 15) is 14.4 Å². The number of allylic oxidation sites excluding steroid dienone is 16. The number of unbranched alkanes of at least 4 members (excludes halogenated alkanes) is 34. The molecular formula is C73H126O6. The molecule has 0 rings (SSSR count). The molecule has 0 amide bonds. The fraction of sp³-hybridized carbons (Fsp3) is 0.740. The Kier molecular flexibility index (Phi) is 63.7. The molecule has 1 unspecified atom stereocenters. The molecule has 0 aliphatic rings. The Morgan fingerprint density at radius 3 is 0.823 bits per heavy atom. The summed E-state index contributed by atoms with van der Waals surface area (Å²) in [5.74, 6) is -0.944. The lowest BCUT2D eigenvalue weighted by Crippen LogP contribution is -2.30. The van der Waals surface area contributed by atoms with Gasteiger partial charge in [0, 0.05) is 19.3 Å². The van der Waals surface area contributed by atoms with Gasteiger partial charge in [0.1, 0.15) is 13.2 Å². The first-order valence-electron chi connectivity index (χ1n) is 33.7. The molecule has 0 aromatic rings. The molecule has 454 valence electrons. The lowest BCUT2D eigenvalue weighted by molar-refractivity contribution is -0.167. The molecule has 0 saturated heterocycles. The summed E-state index contributed by atoms with van der Waals surface area (Å²) in [6.07, 6.45) is 90.0. The third kappa shape index (κ3) is 65.0. The summed E-state index contributed by atoms with van der Waals surface area (Å²) in [5, 5.41) is 0. The third-order valence-corrected chi connectivity index (χ3v) is 14.6. The fourth-order valence-electron chi connectivity index (χ4n) is 9.55. The van der Waals surface area contributed by atoms with E-state index in [2.05, 4.69) is 118 Å². The highest BCUT2D eigenvalue weighted by Gasteiger charge is 2.19. The lowest BCUT2D eigenvalue weighted by atomic mass is 10.0. The topological polar surface area (TPSA) is 78.9 Å². The zero-order chi connectivity index (χ0) is 57.1. The van der Waals surface area contributed by atoms with Crippen molar-refractivity contribution < 1.29 is 28.6 Å². The molecule has 0 aliphatic heterocycles. The van der Waals surface area contributed by atoms with Crippen molar-refractivity contribution in [2.24, 2.45) is 0 Å². The number of hydrogen-bond acceptors (Lipinski definition) is 6. The van der Waals surface area contributed by atoms with E-state index in [1.807, 2.05) is 0 Å². The van der Waals surface area contributed by atoms with E-state index in [1.54, 1.807) is 0 Å². The summed E-state index contributed by atoms with van der Waals surface area (Å²) in [7, 11) is 0. The van der Waals surface area contributed by atoms with E-state index >= 15 is 0 Å². The maximum Gasteiger partial charge on any atom is 0.306 e. The van der Waals surface area contributed by atoms with Crippen molar-refractivity contribution in [3.8, 4) is 0 Å². The van der Waals surface area contributed by atoms with Crippen molar-refractivity contribution in [3.05, 3.63) is 97.2 Å². The summed E-state index contributed by atoms with van der Waals surface area (Å²) in [6, 6.07) is 0. The van der Waals surface area contributed by atoms with Crippen molar-refractivity contribution in [3.63, 3.8) is 0 Å². The van der Waals surface area contributed by atoms with Crippen LogP contribution in [0.4, 0.5) is 0 Å². The van der Waals surface area contributed by atoms with Crippen molar-refractivity contribution in [1.29, 1.82) is 0 Å². The Bertz CT molecular complexity index is 1540. The predicted molar refractivity (Wildman–Crippen MR) is 344 cm³/mol. The standard InChI is InChI=1S/C73H126O6/c1-4-7-10-13-16-19-22-25-28-31-33-34-35-36-37-38-40-42-45-48-51-54-57-60-63-66-72(75)78-69-70(68-77-71(74)65-62-59-56-53-50-47-44-41-30-27-24-21-18-15-12-9-6-3)79-73(76)67-64-61-58-55-52-49-46-43-39-32-29-26-23-20-17-14-11-8-5-2/h9,12,18,21-22,25,27,30-31,33,35-36,44,47,53,56,70H,4-8,10-11,13-17,19-20,23-24,26,28-29,32,34,37-43,45-46,48-52,54-55,57-69H2,1-3H3/b12-9-,21-18-,25-22-,30-27-,33-31-,36-35-,47-44-,56-53-. The summed E-state index contributed by atoms with van der Waals surface area (Å²) in [4.78, 5) is 38.4. The zero-order valence-electron chi connectivity index (χ0n) is 52.1. The molecule has 0 radical (unpaired) electrons. The Morgan fingerprint density at radius 2 is 0.506 bits per heavy atom. The first-order chi connectivity index (χ1) is 39.0. The van der Waals surface area contributed by atoms with Gasteiger partial charge in [-0.2, -0.15) is 0 Å². The van der Waals surface area contributed by atoms with Crippen LogP contribution in [0.25, 0.3) is 0 Å². The van der Waals surface area contributed by atoms with E-state index in [1.165, 1.54) is 193 Å². The van der Waals surface area contributed by atoms with Crippen LogP contribution >= 0.6 is 0 Å². The minimum Gasteiger partial charge on any atom is -0.462 e. The number of esters is 3. The van der Waals surface area contributed by atoms with Gasteiger partial charge < -0.3 is 14.2 Å². The molecule has 79 heavy (non-hydrogen) atoms. The Labute approximate surface area is 489 Å². The molecule has 6 heteroatoms.